The van der Waals surface area contributed by atoms with Gasteiger partial charge in [0, 0.05) is 5.56 Å². The molecule has 5 heteroatoms. The minimum absolute atomic E-state index is 0.226. The summed E-state index contributed by atoms with van der Waals surface area (Å²) in [5.74, 6) is 0.219. The van der Waals surface area contributed by atoms with Crippen molar-refractivity contribution in [3.05, 3.63) is 77.9 Å². The van der Waals surface area contributed by atoms with Crippen molar-refractivity contribution in [2.75, 3.05) is 0 Å². The predicted octanol–water partition coefficient (Wildman–Crippen LogP) is 3.78. The number of nitrogens with one attached hydrogen (secondary N) is 1. The van der Waals surface area contributed by atoms with Gasteiger partial charge >= 0.3 is 0 Å². The number of rotatable bonds is 6. The highest BCUT2D eigenvalue weighted by Gasteiger charge is 2.05. The standard InChI is InChI=1S/C21H17N3O2/c22-13-12-21(25)24-23-14-17-7-2-4-11-20(17)26-15-18-9-5-8-16-6-1-3-10-19(16)18/h1-11,14H,12,15H2,(H,24,25). The second-order valence-corrected chi connectivity index (χ2v) is 5.59. The van der Waals surface area contributed by atoms with Gasteiger partial charge in [0.05, 0.1) is 12.3 Å². The Hall–Kier alpha value is -3.65. The molecular formula is C21H17N3O2. The van der Waals surface area contributed by atoms with E-state index in [1.54, 1.807) is 6.07 Å². The number of carbonyl (C=O) groups is 1. The lowest BCUT2D eigenvalue weighted by Crippen LogP contribution is -2.16. The van der Waals surface area contributed by atoms with Crippen LogP contribution in [-0.4, -0.2) is 12.1 Å². The summed E-state index contributed by atoms with van der Waals surface area (Å²) in [4.78, 5) is 11.3. The number of para-hydroxylation sites is 1. The molecule has 0 aliphatic rings. The van der Waals surface area contributed by atoms with Crippen molar-refractivity contribution in [1.82, 2.24) is 5.43 Å². The lowest BCUT2D eigenvalue weighted by atomic mass is 10.1. The largest absolute Gasteiger partial charge is 0.488 e. The van der Waals surface area contributed by atoms with E-state index in [1.807, 2.05) is 48.5 Å². The first-order valence-electron chi connectivity index (χ1n) is 8.15. The van der Waals surface area contributed by atoms with Crippen LogP contribution in [0.4, 0.5) is 0 Å². The number of ether oxygens (including phenoxy) is 1. The maximum atomic E-state index is 11.3. The van der Waals surface area contributed by atoms with E-state index in [0.717, 1.165) is 16.5 Å². The summed E-state index contributed by atoms with van der Waals surface area (Å²) in [6, 6.07) is 23.5. The van der Waals surface area contributed by atoms with Gasteiger partial charge in [0.2, 0.25) is 0 Å². The number of amides is 1. The van der Waals surface area contributed by atoms with Gasteiger partial charge in [-0.3, -0.25) is 4.79 Å². The number of carbonyl (C=O) groups excluding carboxylic acids is 1. The molecule has 3 rings (SSSR count). The molecule has 0 fully saturated rings. The number of nitriles is 1. The van der Waals surface area contributed by atoms with Crippen LogP contribution in [0.25, 0.3) is 10.8 Å². The Balaban J connectivity index is 1.73. The van der Waals surface area contributed by atoms with Crippen LogP contribution < -0.4 is 10.2 Å². The van der Waals surface area contributed by atoms with Gasteiger partial charge in [-0.15, -0.1) is 0 Å². The molecule has 0 saturated heterocycles. The molecule has 3 aromatic rings. The van der Waals surface area contributed by atoms with Gasteiger partial charge in [-0.1, -0.05) is 54.6 Å². The summed E-state index contributed by atoms with van der Waals surface area (Å²) in [5.41, 5.74) is 4.15. The average Bonchev–Trinajstić information content (AvgIpc) is 2.67. The molecule has 0 heterocycles. The zero-order chi connectivity index (χ0) is 18.2. The summed E-state index contributed by atoms with van der Waals surface area (Å²) in [6.45, 7) is 0.424. The van der Waals surface area contributed by atoms with Crippen molar-refractivity contribution >= 4 is 22.9 Å². The van der Waals surface area contributed by atoms with Gasteiger partial charge in [0.1, 0.15) is 18.8 Å². The van der Waals surface area contributed by atoms with Gasteiger partial charge < -0.3 is 4.74 Å². The fraction of sp³-hybridized carbons (Fsp3) is 0.0952. The van der Waals surface area contributed by atoms with Gasteiger partial charge in [0.15, 0.2) is 0 Å². The Morgan fingerprint density at radius 1 is 1.08 bits per heavy atom. The molecule has 0 aliphatic heterocycles. The molecule has 5 nitrogen and oxygen atoms in total. The molecule has 128 valence electrons. The first kappa shape index (κ1) is 17.2. The van der Waals surface area contributed by atoms with E-state index in [2.05, 4.69) is 28.7 Å². The number of hydrazone groups is 1. The second kappa shape index (κ2) is 8.45. The fourth-order valence-corrected chi connectivity index (χ4v) is 2.58. The first-order chi connectivity index (χ1) is 12.8. The minimum Gasteiger partial charge on any atom is -0.488 e. The zero-order valence-electron chi connectivity index (χ0n) is 14.1. The van der Waals surface area contributed by atoms with Crippen LogP contribution in [0.2, 0.25) is 0 Å². The van der Waals surface area contributed by atoms with Crippen molar-refractivity contribution in [2.45, 2.75) is 13.0 Å². The monoisotopic (exact) mass is 343 g/mol. The van der Waals surface area contributed by atoms with Crippen molar-refractivity contribution in [1.29, 1.82) is 5.26 Å². The van der Waals surface area contributed by atoms with Crippen molar-refractivity contribution in [3.63, 3.8) is 0 Å². The number of benzene rings is 3. The van der Waals surface area contributed by atoms with E-state index >= 15 is 0 Å². The summed E-state index contributed by atoms with van der Waals surface area (Å²) >= 11 is 0. The number of hydrogen-bond donors (Lipinski definition) is 1. The van der Waals surface area contributed by atoms with Gasteiger partial charge in [-0.05, 0) is 28.5 Å². The molecule has 1 amide bonds. The van der Waals surface area contributed by atoms with Crippen LogP contribution in [0.1, 0.15) is 17.5 Å². The van der Waals surface area contributed by atoms with Crippen LogP contribution in [0, 0.1) is 11.3 Å². The molecular weight excluding hydrogens is 326 g/mol. The Morgan fingerprint density at radius 2 is 1.85 bits per heavy atom. The highest BCUT2D eigenvalue weighted by molar-refractivity contribution is 5.86. The van der Waals surface area contributed by atoms with E-state index in [0.29, 0.717) is 12.4 Å². The molecule has 0 atom stereocenters. The van der Waals surface area contributed by atoms with E-state index in [-0.39, 0.29) is 6.42 Å². The Morgan fingerprint density at radius 3 is 2.73 bits per heavy atom. The summed E-state index contributed by atoms with van der Waals surface area (Å²) in [6.07, 6.45) is 1.28. The third kappa shape index (κ3) is 4.25. The van der Waals surface area contributed by atoms with Gasteiger partial charge in [-0.25, -0.2) is 5.43 Å². The van der Waals surface area contributed by atoms with Crippen LogP contribution in [-0.2, 0) is 11.4 Å². The van der Waals surface area contributed by atoms with Crippen molar-refractivity contribution in [2.24, 2.45) is 5.10 Å². The van der Waals surface area contributed by atoms with Crippen molar-refractivity contribution < 1.29 is 9.53 Å². The zero-order valence-corrected chi connectivity index (χ0v) is 14.1. The van der Waals surface area contributed by atoms with E-state index in [9.17, 15) is 4.79 Å². The molecule has 0 spiro atoms. The quantitative estimate of drug-likeness (QED) is 0.547. The Labute approximate surface area is 151 Å². The third-order valence-electron chi connectivity index (χ3n) is 3.81. The van der Waals surface area contributed by atoms with Gasteiger partial charge in [0.25, 0.3) is 5.91 Å². The minimum atomic E-state index is -0.446. The maximum absolute atomic E-state index is 11.3. The van der Waals surface area contributed by atoms with Crippen LogP contribution >= 0.6 is 0 Å². The highest BCUT2D eigenvalue weighted by atomic mass is 16.5. The fourth-order valence-electron chi connectivity index (χ4n) is 2.58. The Bertz CT molecular complexity index is 984. The van der Waals surface area contributed by atoms with E-state index in [1.165, 1.54) is 11.6 Å². The third-order valence-corrected chi connectivity index (χ3v) is 3.81. The lowest BCUT2D eigenvalue weighted by molar-refractivity contribution is -0.120. The van der Waals surface area contributed by atoms with Crippen LogP contribution in [0.3, 0.4) is 0 Å². The Kier molecular flexibility index (Phi) is 5.58. The molecule has 0 saturated carbocycles. The van der Waals surface area contributed by atoms with E-state index < -0.39 is 5.91 Å². The summed E-state index contributed by atoms with van der Waals surface area (Å²) in [5, 5.41) is 14.7. The molecule has 0 radical (unpaired) electrons. The van der Waals surface area contributed by atoms with Crippen LogP contribution in [0.15, 0.2) is 71.8 Å². The molecule has 0 aliphatic carbocycles. The molecule has 1 N–H and O–H groups in total. The maximum Gasteiger partial charge on any atom is 0.254 e. The first-order valence-corrected chi connectivity index (χ1v) is 8.15. The number of fused-ring (bicyclic) bond motifs is 1. The average molecular weight is 343 g/mol. The lowest BCUT2D eigenvalue weighted by Gasteiger charge is -2.11. The molecule has 0 aromatic heterocycles. The van der Waals surface area contributed by atoms with E-state index in [4.69, 9.17) is 10.00 Å². The number of nitrogens with zero attached hydrogens (tertiary/aromatic N) is 2. The molecule has 26 heavy (non-hydrogen) atoms. The van der Waals surface area contributed by atoms with Crippen LogP contribution in [0.5, 0.6) is 5.75 Å². The molecule has 0 bridgehead atoms. The molecule has 3 aromatic carbocycles. The number of hydrogen-bond acceptors (Lipinski definition) is 4. The molecule has 0 unspecified atom stereocenters. The topological polar surface area (TPSA) is 74.5 Å². The normalized spacial score (nSPS) is 10.6. The van der Waals surface area contributed by atoms with Gasteiger partial charge in [-0.2, -0.15) is 10.4 Å². The predicted molar refractivity (Wildman–Crippen MR) is 101 cm³/mol. The SMILES string of the molecule is N#CCC(=O)NN=Cc1ccccc1OCc1cccc2ccccc12. The second-order valence-electron chi connectivity index (χ2n) is 5.59. The summed E-state index contributed by atoms with van der Waals surface area (Å²) in [7, 11) is 0. The smallest absolute Gasteiger partial charge is 0.254 e. The van der Waals surface area contributed by atoms with Crippen molar-refractivity contribution in [3.8, 4) is 11.8 Å². The summed E-state index contributed by atoms with van der Waals surface area (Å²) < 4.78 is 5.98. The highest BCUT2D eigenvalue weighted by Crippen LogP contribution is 2.22.